The van der Waals surface area contributed by atoms with Gasteiger partial charge in [0.1, 0.15) is 40.2 Å². The maximum Gasteiger partial charge on any atom is 0.393 e. The van der Waals surface area contributed by atoms with E-state index in [-0.39, 0.29) is 23.3 Å². The van der Waals surface area contributed by atoms with E-state index < -0.39 is 30.7 Å². The number of piperidine rings is 1. The fraction of sp³-hybridized carbons (Fsp3) is 0.324. The fourth-order valence-corrected chi connectivity index (χ4v) is 7.11. The van der Waals surface area contributed by atoms with Crippen LogP contribution in [-0.2, 0) is 29.9 Å². The van der Waals surface area contributed by atoms with Crippen molar-refractivity contribution in [2.24, 2.45) is 0 Å². The fourth-order valence-electron chi connectivity index (χ4n) is 6.09. The van der Waals surface area contributed by atoms with Gasteiger partial charge in [-0.25, -0.2) is 15.0 Å². The average Bonchev–Trinajstić information content (AvgIpc) is 3.65. The van der Waals surface area contributed by atoms with Gasteiger partial charge in [0.05, 0.1) is 25.0 Å². The van der Waals surface area contributed by atoms with E-state index in [4.69, 9.17) is 0 Å². The van der Waals surface area contributed by atoms with Gasteiger partial charge in [-0.2, -0.15) is 18.4 Å². The first kappa shape index (κ1) is 34.0. The Balaban J connectivity index is 1.11. The number of aromatic nitrogens is 4. The van der Waals surface area contributed by atoms with E-state index in [9.17, 15) is 33.4 Å². The van der Waals surface area contributed by atoms with Crippen LogP contribution in [0.3, 0.4) is 0 Å². The first-order valence-corrected chi connectivity index (χ1v) is 16.3. The Morgan fingerprint density at radius 1 is 1.14 bits per heavy atom. The number of aliphatic hydroxyl groups is 2. The van der Waals surface area contributed by atoms with Crippen LogP contribution in [0.2, 0.25) is 0 Å². The summed E-state index contributed by atoms with van der Waals surface area (Å²) in [5.74, 6) is 0.383. The zero-order valence-electron chi connectivity index (χ0n) is 26.2. The van der Waals surface area contributed by atoms with Gasteiger partial charge in [-0.1, -0.05) is 18.7 Å². The zero-order valence-corrected chi connectivity index (χ0v) is 27.1. The van der Waals surface area contributed by atoms with Crippen LogP contribution in [0.4, 0.5) is 24.8 Å². The predicted octanol–water partition coefficient (Wildman–Crippen LogP) is 5.10. The quantitative estimate of drug-likeness (QED) is 0.139. The Kier molecular flexibility index (Phi) is 9.66. The van der Waals surface area contributed by atoms with Crippen molar-refractivity contribution in [3.63, 3.8) is 0 Å². The summed E-state index contributed by atoms with van der Waals surface area (Å²) < 4.78 is 40.5. The highest BCUT2D eigenvalue weighted by molar-refractivity contribution is 7.18. The van der Waals surface area contributed by atoms with E-state index in [1.807, 2.05) is 18.2 Å². The second-order valence-electron chi connectivity index (χ2n) is 12.1. The average molecular weight is 691 g/mol. The van der Waals surface area contributed by atoms with Crippen molar-refractivity contribution in [2.45, 2.75) is 50.2 Å². The van der Waals surface area contributed by atoms with Crippen LogP contribution in [0, 0.1) is 11.3 Å². The van der Waals surface area contributed by atoms with Gasteiger partial charge in [0.15, 0.2) is 0 Å². The normalized spacial score (nSPS) is 15.6. The minimum absolute atomic E-state index is 0.108. The number of carbonyl (C=O) groups is 1. The first-order chi connectivity index (χ1) is 23.5. The lowest BCUT2D eigenvalue weighted by Crippen LogP contribution is -2.38. The summed E-state index contributed by atoms with van der Waals surface area (Å²) in [7, 11) is 0. The number of halogens is 3. The Hall–Kier alpha value is -4.88. The molecule has 5 heterocycles. The molecule has 1 unspecified atom stereocenters. The summed E-state index contributed by atoms with van der Waals surface area (Å²) in [4.78, 5) is 27.3. The van der Waals surface area contributed by atoms with E-state index in [1.54, 1.807) is 16.7 Å². The lowest BCUT2D eigenvalue weighted by atomic mass is 9.96. The maximum atomic E-state index is 12.9. The number of aliphatic hydroxyl groups excluding tert-OH is 1. The second kappa shape index (κ2) is 13.9. The number of nitrogens with zero attached hydrogens (tertiary/aromatic N) is 6. The molecule has 1 amide bonds. The first-order valence-electron chi connectivity index (χ1n) is 15.5. The molecule has 1 fully saturated rings. The summed E-state index contributed by atoms with van der Waals surface area (Å²) in [5, 5.41) is 39.0. The van der Waals surface area contributed by atoms with E-state index in [0.29, 0.717) is 33.8 Å². The Bertz CT molecular complexity index is 2030. The molecule has 5 aromatic rings. The van der Waals surface area contributed by atoms with Gasteiger partial charge in [-0.05, 0) is 54.8 Å². The number of hydrogen-bond acceptors (Lipinski definition) is 10. The molecular weight excluding hydrogens is 657 g/mol. The molecule has 4 N–H and O–H groups in total. The number of likely N-dealkylation sites (tertiary alicyclic amines) is 1. The number of alkyl halides is 3. The number of thiophene rings is 1. The summed E-state index contributed by atoms with van der Waals surface area (Å²) in [6.45, 7) is 4.94. The van der Waals surface area contributed by atoms with Crippen molar-refractivity contribution in [2.75, 3.05) is 30.3 Å². The van der Waals surface area contributed by atoms with Crippen molar-refractivity contribution < 1.29 is 28.2 Å². The van der Waals surface area contributed by atoms with Gasteiger partial charge >= 0.3 is 6.18 Å². The highest BCUT2D eigenvalue weighted by atomic mass is 32.1. The highest BCUT2D eigenvalue weighted by Crippen LogP contribution is 2.34. The third-order valence-electron chi connectivity index (χ3n) is 8.59. The molecule has 0 bridgehead atoms. The van der Waals surface area contributed by atoms with Crippen molar-refractivity contribution >= 4 is 50.0 Å². The minimum Gasteiger partial charge on any atom is -0.393 e. The van der Waals surface area contributed by atoms with Gasteiger partial charge < -0.3 is 25.4 Å². The largest absolute Gasteiger partial charge is 0.393 e. The van der Waals surface area contributed by atoms with Crippen LogP contribution in [0.5, 0.6) is 0 Å². The number of fused-ring (bicyclic) bond motifs is 2. The third kappa shape index (κ3) is 7.73. The standard InChI is InChI=1S/C34H33F3N8O3S/c1-2-30(47)43-29-6-4-23(16-39-29)33(48,19-46)18-45-25(15-38)12-22-11-21(3-5-28(22)45)17-44-9-7-24(8-10-44)42-31-27-13-26(14-34(35,36)37)49-32(27)41-20-40-31/h2-6,11-13,16,20,24,46,48H,1,7-10,14,17-19H2,(H,39,43,47)(H,40,41,42). The molecule has 1 aromatic carbocycles. The number of pyridine rings is 1. The molecule has 0 spiro atoms. The molecule has 0 aliphatic carbocycles. The SMILES string of the molecule is C=CC(=O)Nc1ccc(C(O)(CO)Cn2c(C#N)cc3cc(CN4CCC(Nc5ncnc6sc(CC(F)(F)F)cc56)CC4)ccc32)cn1. The lowest BCUT2D eigenvalue weighted by molar-refractivity contribution is -0.126. The van der Waals surface area contributed by atoms with Gasteiger partial charge in [0.2, 0.25) is 5.91 Å². The van der Waals surface area contributed by atoms with Crippen molar-refractivity contribution in [1.82, 2.24) is 24.4 Å². The molecular formula is C34H33F3N8O3S. The van der Waals surface area contributed by atoms with Crippen LogP contribution < -0.4 is 10.6 Å². The summed E-state index contributed by atoms with van der Waals surface area (Å²) in [5.41, 5.74) is 0.656. The second-order valence-corrected chi connectivity index (χ2v) is 13.2. The molecule has 1 aliphatic rings. The van der Waals surface area contributed by atoms with E-state index in [2.05, 4.69) is 43.1 Å². The van der Waals surface area contributed by atoms with Crippen LogP contribution in [0.25, 0.3) is 21.1 Å². The van der Waals surface area contributed by atoms with Crippen molar-refractivity contribution in [3.8, 4) is 6.07 Å². The molecule has 1 aliphatic heterocycles. The molecule has 0 saturated carbocycles. The van der Waals surface area contributed by atoms with Crippen LogP contribution in [0.15, 0.2) is 67.6 Å². The minimum atomic E-state index is -4.29. The maximum absolute atomic E-state index is 12.9. The zero-order chi connectivity index (χ0) is 34.8. The molecule has 4 aromatic heterocycles. The number of benzene rings is 1. The smallest absolute Gasteiger partial charge is 0.393 e. The van der Waals surface area contributed by atoms with Gasteiger partial charge in [0.25, 0.3) is 0 Å². The summed E-state index contributed by atoms with van der Waals surface area (Å²) in [6.07, 6.45) is 0.219. The van der Waals surface area contributed by atoms with E-state index >= 15 is 0 Å². The number of amides is 1. The Morgan fingerprint density at radius 3 is 2.61 bits per heavy atom. The molecule has 1 atom stereocenters. The Labute approximate surface area is 283 Å². The third-order valence-corrected chi connectivity index (χ3v) is 9.63. The van der Waals surface area contributed by atoms with Gasteiger partial charge in [0, 0.05) is 53.2 Å². The molecule has 11 nitrogen and oxygen atoms in total. The van der Waals surface area contributed by atoms with Gasteiger partial charge in [-0.3, -0.25) is 9.69 Å². The van der Waals surface area contributed by atoms with E-state index in [0.717, 1.165) is 59.8 Å². The monoisotopic (exact) mass is 690 g/mol. The number of nitrogens with one attached hydrogen (secondary N) is 2. The molecule has 15 heteroatoms. The summed E-state index contributed by atoms with van der Waals surface area (Å²) in [6, 6.07) is 14.5. The van der Waals surface area contributed by atoms with Crippen LogP contribution in [-0.4, -0.2) is 72.5 Å². The number of rotatable bonds is 11. The molecule has 254 valence electrons. The number of anilines is 2. The molecule has 49 heavy (non-hydrogen) atoms. The number of hydrogen-bond donors (Lipinski definition) is 4. The predicted molar refractivity (Wildman–Crippen MR) is 180 cm³/mol. The molecule has 0 radical (unpaired) electrons. The van der Waals surface area contributed by atoms with Crippen molar-refractivity contribution in [3.05, 3.63) is 89.3 Å². The topological polar surface area (TPSA) is 152 Å². The van der Waals surface area contributed by atoms with Crippen LogP contribution in [0.1, 0.15) is 34.5 Å². The van der Waals surface area contributed by atoms with Crippen LogP contribution >= 0.6 is 11.3 Å². The summed E-state index contributed by atoms with van der Waals surface area (Å²) >= 11 is 1.03. The van der Waals surface area contributed by atoms with E-state index in [1.165, 1.54) is 24.7 Å². The van der Waals surface area contributed by atoms with Gasteiger partial charge in [-0.15, -0.1) is 11.3 Å². The molecule has 6 rings (SSSR count). The van der Waals surface area contributed by atoms with Crippen molar-refractivity contribution in [1.29, 1.82) is 5.26 Å². The number of nitriles is 1. The number of carbonyl (C=O) groups excluding carboxylic acids is 1. The molecule has 1 saturated heterocycles. The Morgan fingerprint density at radius 2 is 1.94 bits per heavy atom. The lowest BCUT2D eigenvalue weighted by Gasteiger charge is -2.32. The highest BCUT2D eigenvalue weighted by Gasteiger charge is 2.32.